The SMILES string of the molecule is C[C@H](C(=O)Nc1ccc(Cl)cc1Cl)N(C)Cc1ccccc1N1CCOCC1. The quantitative estimate of drug-likeness (QED) is 0.755. The Morgan fingerprint density at radius 3 is 2.64 bits per heavy atom. The molecular weight excluding hydrogens is 397 g/mol. The van der Waals surface area contributed by atoms with Crippen LogP contribution in [0.5, 0.6) is 0 Å². The van der Waals surface area contributed by atoms with E-state index >= 15 is 0 Å². The molecule has 5 nitrogen and oxygen atoms in total. The van der Waals surface area contributed by atoms with Crippen LogP contribution in [-0.2, 0) is 16.1 Å². The largest absolute Gasteiger partial charge is 0.378 e. The van der Waals surface area contributed by atoms with Crippen molar-refractivity contribution in [2.24, 2.45) is 0 Å². The van der Waals surface area contributed by atoms with Crippen molar-refractivity contribution in [3.63, 3.8) is 0 Å². The van der Waals surface area contributed by atoms with Gasteiger partial charge in [0.2, 0.25) is 5.91 Å². The topological polar surface area (TPSA) is 44.8 Å². The van der Waals surface area contributed by atoms with Gasteiger partial charge in [-0.05, 0) is 43.8 Å². The maximum absolute atomic E-state index is 12.7. The summed E-state index contributed by atoms with van der Waals surface area (Å²) < 4.78 is 5.46. The zero-order valence-electron chi connectivity index (χ0n) is 16.1. The standard InChI is InChI=1S/C21H25Cl2N3O2/c1-15(21(27)24-19-8-7-17(22)13-18(19)23)25(2)14-16-5-3-4-6-20(16)26-9-11-28-12-10-26/h3-8,13,15H,9-12,14H2,1-2H3,(H,24,27)/t15-/m1/s1. The molecule has 0 unspecified atom stereocenters. The smallest absolute Gasteiger partial charge is 0.241 e. The van der Waals surface area contributed by atoms with Gasteiger partial charge in [-0.1, -0.05) is 41.4 Å². The minimum atomic E-state index is -0.329. The van der Waals surface area contributed by atoms with Gasteiger partial charge in [-0.15, -0.1) is 0 Å². The van der Waals surface area contributed by atoms with E-state index in [0.717, 1.165) is 26.3 Å². The predicted molar refractivity (Wildman–Crippen MR) is 115 cm³/mol. The average Bonchev–Trinajstić information content (AvgIpc) is 2.70. The van der Waals surface area contributed by atoms with Crippen LogP contribution in [0.15, 0.2) is 42.5 Å². The van der Waals surface area contributed by atoms with Crippen molar-refractivity contribution in [3.05, 3.63) is 58.1 Å². The van der Waals surface area contributed by atoms with E-state index in [1.165, 1.54) is 11.3 Å². The monoisotopic (exact) mass is 421 g/mol. The van der Waals surface area contributed by atoms with Gasteiger partial charge >= 0.3 is 0 Å². The molecule has 150 valence electrons. The first-order valence-corrected chi connectivity index (χ1v) is 10.1. The molecule has 3 rings (SSSR count). The summed E-state index contributed by atoms with van der Waals surface area (Å²) in [6, 6.07) is 13.0. The van der Waals surface area contributed by atoms with Crippen LogP contribution in [0.4, 0.5) is 11.4 Å². The fraction of sp³-hybridized carbons (Fsp3) is 0.381. The van der Waals surface area contributed by atoms with Gasteiger partial charge in [-0.2, -0.15) is 0 Å². The van der Waals surface area contributed by atoms with Crippen molar-refractivity contribution in [3.8, 4) is 0 Å². The molecule has 0 aromatic heterocycles. The lowest BCUT2D eigenvalue weighted by atomic mass is 10.1. The number of benzene rings is 2. The molecule has 1 amide bonds. The maximum atomic E-state index is 12.7. The highest BCUT2D eigenvalue weighted by Crippen LogP contribution is 2.26. The molecule has 1 saturated heterocycles. The molecule has 1 N–H and O–H groups in total. The lowest BCUT2D eigenvalue weighted by Crippen LogP contribution is -2.40. The molecule has 7 heteroatoms. The Morgan fingerprint density at radius 2 is 1.93 bits per heavy atom. The first-order valence-electron chi connectivity index (χ1n) is 9.32. The van der Waals surface area contributed by atoms with Crippen LogP contribution in [0.2, 0.25) is 10.0 Å². The number of para-hydroxylation sites is 1. The zero-order chi connectivity index (χ0) is 20.1. The summed E-state index contributed by atoms with van der Waals surface area (Å²) in [6.45, 7) is 5.79. The molecule has 1 aliphatic rings. The highest BCUT2D eigenvalue weighted by molar-refractivity contribution is 6.36. The molecule has 2 aromatic rings. The molecule has 0 aliphatic carbocycles. The molecule has 1 aliphatic heterocycles. The predicted octanol–water partition coefficient (Wildman–Crippen LogP) is 4.29. The van der Waals surface area contributed by atoms with Gasteiger partial charge in [-0.3, -0.25) is 9.69 Å². The molecule has 0 saturated carbocycles. The van der Waals surface area contributed by atoms with E-state index in [-0.39, 0.29) is 11.9 Å². The Bertz CT molecular complexity index is 825. The summed E-state index contributed by atoms with van der Waals surface area (Å²) in [5.41, 5.74) is 2.95. The first kappa shape index (κ1) is 20.9. The van der Waals surface area contributed by atoms with Crippen LogP contribution < -0.4 is 10.2 Å². The van der Waals surface area contributed by atoms with Crippen LogP contribution in [-0.4, -0.2) is 50.2 Å². The summed E-state index contributed by atoms with van der Waals surface area (Å²) in [4.78, 5) is 17.1. The number of hydrogen-bond acceptors (Lipinski definition) is 4. The number of rotatable bonds is 6. The number of anilines is 2. The van der Waals surface area contributed by atoms with E-state index in [1.807, 2.05) is 31.0 Å². The molecular formula is C21H25Cl2N3O2. The summed E-state index contributed by atoms with van der Waals surface area (Å²) >= 11 is 12.1. The van der Waals surface area contributed by atoms with Gasteiger partial charge in [-0.25, -0.2) is 0 Å². The van der Waals surface area contributed by atoms with E-state index in [0.29, 0.717) is 22.3 Å². The summed E-state index contributed by atoms with van der Waals surface area (Å²) in [7, 11) is 1.95. The molecule has 0 bridgehead atoms. The third-order valence-electron chi connectivity index (χ3n) is 4.99. The number of carbonyl (C=O) groups is 1. The second-order valence-corrected chi connectivity index (χ2v) is 7.78. The van der Waals surface area contributed by atoms with Crippen LogP contribution in [0.3, 0.4) is 0 Å². The van der Waals surface area contributed by atoms with E-state index in [1.54, 1.807) is 18.2 Å². The number of likely N-dealkylation sites (N-methyl/N-ethyl adjacent to an activating group) is 1. The second kappa shape index (κ2) is 9.61. The van der Waals surface area contributed by atoms with Gasteiger partial charge in [0.1, 0.15) is 0 Å². The molecule has 2 aromatic carbocycles. The molecule has 1 atom stereocenters. The van der Waals surface area contributed by atoms with Gasteiger partial charge in [0, 0.05) is 30.3 Å². The normalized spacial score (nSPS) is 15.5. The van der Waals surface area contributed by atoms with Crippen LogP contribution in [0.1, 0.15) is 12.5 Å². The number of ether oxygens (including phenoxy) is 1. The van der Waals surface area contributed by atoms with Gasteiger partial charge < -0.3 is 15.0 Å². The van der Waals surface area contributed by atoms with Crippen molar-refractivity contribution < 1.29 is 9.53 Å². The van der Waals surface area contributed by atoms with Crippen LogP contribution in [0.25, 0.3) is 0 Å². The number of nitrogens with one attached hydrogen (secondary N) is 1. The Labute approximate surface area is 176 Å². The fourth-order valence-corrected chi connectivity index (χ4v) is 3.65. The van der Waals surface area contributed by atoms with Crippen molar-refractivity contribution in [2.75, 3.05) is 43.6 Å². The second-order valence-electron chi connectivity index (χ2n) is 6.93. The third kappa shape index (κ3) is 5.17. The highest BCUT2D eigenvalue weighted by atomic mass is 35.5. The molecule has 28 heavy (non-hydrogen) atoms. The van der Waals surface area contributed by atoms with E-state index in [2.05, 4.69) is 22.3 Å². The van der Waals surface area contributed by atoms with Crippen molar-refractivity contribution in [1.29, 1.82) is 0 Å². The summed E-state index contributed by atoms with van der Waals surface area (Å²) in [5.74, 6) is -0.115. The van der Waals surface area contributed by atoms with Crippen molar-refractivity contribution in [2.45, 2.75) is 19.5 Å². The number of halogens is 2. The average molecular weight is 422 g/mol. The minimum absolute atomic E-state index is 0.115. The maximum Gasteiger partial charge on any atom is 0.241 e. The van der Waals surface area contributed by atoms with E-state index < -0.39 is 0 Å². The number of amides is 1. The van der Waals surface area contributed by atoms with Gasteiger partial charge in [0.05, 0.1) is 30.0 Å². The molecule has 0 spiro atoms. The Morgan fingerprint density at radius 1 is 1.21 bits per heavy atom. The van der Waals surface area contributed by atoms with E-state index in [4.69, 9.17) is 27.9 Å². The number of hydrogen-bond donors (Lipinski definition) is 1. The summed E-state index contributed by atoms with van der Waals surface area (Å²) in [5, 5.41) is 3.84. The van der Waals surface area contributed by atoms with Crippen LogP contribution >= 0.6 is 23.2 Å². The van der Waals surface area contributed by atoms with Crippen molar-refractivity contribution in [1.82, 2.24) is 4.90 Å². The lowest BCUT2D eigenvalue weighted by Gasteiger charge is -2.32. The summed E-state index contributed by atoms with van der Waals surface area (Å²) in [6.07, 6.45) is 0. The van der Waals surface area contributed by atoms with Crippen molar-refractivity contribution >= 4 is 40.5 Å². The minimum Gasteiger partial charge on any atom is -0.378 e. The van der Waals surface area contributed by atoms with Gasteiger partial charge in [0.25, 0.3) is 0 Å². The molecule has 0 radical (unpaired) electrons. The number of morpholine rings is 1. The Kier molecular flexibility index (Phi) is 7.18. The lowest BCUT2D eigenvalue weighted by molar-refractivity contribution is -0.120. The zero-order valence-corrected chi connectivity index (χ0v) is 17.6. The Balaban J connectivity index is 1.67. The van der Waals surface area contributed by atoms with Gasteiger partial charge in [0.15, 0.2) is 0 Å². The Hall–Kier alpha value is -1.79. The number of carbonyl (C=O) groups excluding carboxylic acids is 1. The molecule has 1 fully saturated rings. The highest BCUT2D eigenvalue weighted by Gasteiger charge is 2.21. The molecule has 1 heterocycles. The van der Waals surface area contributed by atoms with Crippen LogP contribution in [0, 0.1) is 0 Å². The number of nitrogens with zero attached hydrogens (tertiary/aromatic N) is 2. The first-order chi connectivity index (χ1) is 13.5. The third-order valence-corrected chi connectivity index (χ3v) is 5.54. The fourth-order valence-electron chi connectivity index (χ4n) is 3.19. The van der Waals surface area contributed by atoms with E-state index in [9.17, 15) is 4.79 Å².